The van der Waals surface area contributed by atoms with Gasteiger partial charge in [0.2, 0.25) is 0 Å². The van der Waals surface area contributed by atoms with Gasteiger partial charge in [0.05, 0.1) is 11.4 Å². The maximum absolute atomic E-state index is 10.5. The van der Waals surface area contributed by atoms with Crippen molar-refractivity contribution in [1.29, 1.82) is 0 Å². The fraction of sp³-hybridized carbons (Fsp3) is 0.231. The Morgan fingerprint density at radius 1 is 0.944 bits per heavy atom. The van der Waals surface area contributed by atoms with Gasteiger partial charge in [-0.2, -0.15) is 0 Å². The normalized spacial score (nSPS) is 10.8. The molecule has 0 spiro atoms. The second-order valence-electron chi connectivity index (χ2n) is 4.29. The highest BCUT2D eigenvalue weighted by Gasteiger charge is 2.05. The standard InChI is InChI=1S/C13H15N3O2/c1-16(6-10-2-4-12(8-17)14-10)7-11-3-5-13(9-18)15-11/h2-5,8-9,14-15H,6-7H2,1H3. The first-order valence-electron chi connectivity index (χ1n) is 5.66. The number of aromatic amines is 2. The smallest absolute Gasteiger partial charge is 0.166 e. The Morgan fingerprint density at radius 3 is 1.72 bits per heavy atom. The fourth-order valence-electron chi connectivity index (χ4n) is 1.88. The Hall–Kier alpha value is -2.14. The molecule has 0 aliphatic carbocycles. The van der Waals surface area contributed by atoms with Crippen molar-refractivity contribution in [2.45, 2.75) is 13.1 Å². The van der Waals surface area contributed by atoms with Gasteiger partial charge >= 0.3 is 0 Å². The van der Waals surface area contributed by atoms with E-state index in [2.05, 4.69) is 14.9 Å². The predicted octanol–water partition coefficient (Wildman–Crippen LogP) is 1.60. The zero-order chi connectivity index (χ0) is 13.0. The average Bonchev–Trinajstić information content (AvgIpc) is 2.98. The number of rotatable bonds is 6. The molecule has 0 bridgehead atoms. The Bertz CT molecular complexity index is 494. The van der Waals surface area contributed by atoms with E-state index in [1.165, 1.54) is 0 Å². The zero-order valence-corrected chi connectivity index (χ0v) is 10.1. The van der Waals surface area contributed by atoms with Gasteiger partial charge in [0.1, 0.15) is 0 Å². The molecule has 94 valence electrons. The van der Waals surface area contributed by atoms with Crippen molar-refractivity contribution in [3.05, 3.63) is 47.0 Å². The monoisotopic (exact) mass is 245 g/mol. The van der Waals surface area contributed by atoms with E-state index in [0.29, 0.717) is 24.5 Å². The summed E-state index contributed by atoms with van der Waals surface area (Å²) in [7, 11) is 1.98. The summed E-state index contributed by atoms with van der Waals surface area (Å²) < 4.78 is 0. The van der Waals surface area contributed by atoms with Gasteiger partial charge in [0, 0.05) is 24.5 Å². The van der Waals surface area contributed by atoms with E-state index in [1.54, 1.807) is 12.1 Å². The lowest BCUT2D eigenvalue weighted by Gasteiger charge is -2.14. The first-order chi connectivity index (χ1) is 8.71. The Balaban J connectivity index is 1.93. The van der Waals surface area contributed by atoms with Crippen molar-refractivity contribution in [3.8, 4) is 0 Å². The maximum Gasteiger partial charge on any atom is 0.166 e. The molecule has 0 saturated carbocycles. The first kappa shape index (κ1) is 12.3. The van der Waals surface area contributed by atoms with E-state index in [4.69, 9.17) is 0 Å². The number of carbonyl (C=O) groups excluding carboxylic acids is 2. The topological polar surface area (TPSA) is 69.0 Å². The lowest BCUT2D eigenvalue weighted by molar-refractivity contribution is 0.111. The minimum absolute atomic E-state index is 0.585. The maximum atomic E-state index is 10.5. The molecule has 18 heavy (non-hydrogen) atoms. The third-order valence-electron chi connectivity index (χ3n) is 2.67. The highest BCUT2D eigenvalue weighted by atomic mass is 16.1. The number of aldehydes is 2. The SMILES string of the molecule is CN(Cc1ccc(C=O)[nH]1)Cc1ccc(C=O)[nH]1. The number of aromatic nitrogens is 2. The average molecular weight is 245 g/mol. The quantitative estimate of drug-likeness (QED) is 0.759. The van der Waals surface area contributed by atoms with Crippen molar-refractivity contribution < 1.29 is 9.59 Å². The highest BCUT2D eigenvalue weighted by molar-refractivity contribution is 5.72. The van der Waals surface area contributed by atoms with Gasteiger partial charge in [-0.05, 0) is 31.3 Å². The molecule has 0 aliphatic heterocycles. The van der Waals surface area contributed by atoms with E-state index in [0.717, 1.165) is 24.0 Å². The number of H-pyrrole nitrogens is 2. The summed E-state index contributed by atoms with van der Waals surface area (Å²) in [6.07, 6.45) is 1.59. The Labute approximate surface area is 105 Å². The molecular formula is C13H15N3O2. The van der Waals surface area contributed by atoms with Crippen molar-refractivity contribution in [1.82, 2.24) is 14.9 Å². The zero-order valence-electron chi connectivity index (χ0n) is 10.1. The molecule has 0 saturated heterocycles. The molecule has 0 atom stereocenters. The van der Waals surface area contributed by atoms with E-state index in [1.807, 2.05) is 19.2 Å². The third-order valence-corrected chi connectivity index (χ3v) is 2.67. The molecule has 2 N–H and O–H groups in total. The molecule has 5 nitrogen and oxygen atoms in total. The van der Waals surface area contributed by atoms with Crippen LogP contribution in [-0.4, -0.2) is 34.5 Å². The summed E-state index contributed by atoms with van der Waals surface area (Å²) in [5.74, 6) is 0. The van der Waals surface area contributed by atoms with Crippen LogP contribution in [0.5, 0.6) is 0 Å². The molecule has 0 aromatic carbocycles. The molecule has 0 fully saturated rings. The summed E-state index contributed by atoms with van der Waals surface area (Å²) in [6, 6.07) is 7.31. The third kappa shape index (κ3) is 2.95. The number of nitrogens with one attached hydrogen (secondary N) is 2. The molecule has 5 heteroatoms. The van der Waals surface area contributed by atoms with Gasteiger partial charge in [-0.3, -0.25) is 14.5 Å². The predicted molar refractivity (Wildman–Crippen MR) is 67.5 cm³/mol. The molecule has 0 unspecified atom stereocenters. The first-order valence-corrected chi connectivity index (χ1v) is 5.66. The van der Waals surface area contributed by atoms with Crippen LogP contribution < -0.4 is 0 Å². The summed E-state index contributed by atoms with van der Waals surface area (Å²) in [5, 5.41) is 0. The summed E-state index contributed by atoms with van der Waals surface area (Å²) >= 11 is 0. The van der Waals surface area contributed by atoms with E-state index < -0.39 is 0 Å². The molecule has 2 aromatic rings. The van der Waals surface area contributed by atoms with Crippen LogP contribution >= 0.6 is 0 Å². The second kappa shape index (κ2) is 5.46. The summed E-state index contributed by atoms with van der Waals surface area (Å²) in [6.45, 7) is 1.42. The van der Waals surface area contributed by atoms with Crippen molar-refractivity contribution in [2.24, 2.45) is 0 Å². The molecule has 0 aliphatic rings. The number of hydrogen-bond donors (Lipinski definition) is 2. The van der Waals surface area contributed by atoms with Gasteiger partial charge in [-0.1, -0.05) is 0 Å². The lowest BCUT2D eigenvalue weighted by Crippen LogP contribution is -2.17. The van der Waals surface area contributed by atoms with Crippen LogP contribution in [-0.2, 0) is 13.1 Å². The lowest BCUT2D eigenvalue weighted by atomic mass is 10.3. The van der Waals surface area contributed by atoms with Crippen molar-refractivity contribution in [2.75, 3.05) is 7.05 Å². The number of hydrogen-bond acceptors (Lipinski definition) is 3. The van der Waals surface area contributed by atoms with E-state index >= 15 is 0 Å². The van der Waals surface area contributed by atoms with Crippen molar-refractivity contribution >= 4 is 12.6 Å². The van der Waals surface area contributed by atoms with Crippen LogP contribution in [0.2, 0.25) is 0 Å². The molecule has 0 radical (unpaired) electrons. The van der Waals surface area contributed by atoms with Crippen LogP contribution in [0.25, 0.3) is 0 Å². The van der Waals surface area contributed by atoms with Crippen LogP contribution in [0.3, 0.4) is 0 Å². The van der Waals surface area contributed by atoms with Gasteiger partial charge < -0.3 is 9.97 Å². The van der Waals surface area contributed by atoms with Gasteiger partial charge in [0.25, 0.3) is 0 Å². The van der Waals surface area contributed by atoms with Gasteiger partial charge in [-0.15, -0.1) is 0 Å². The molecule has 2 rings (SSSR count). The Morgan fingerprint density at radius 2 is 1.39 bits per heavy atom. The number of carbonyl (C=O) groups is 2. The second-order valence-corrected chi connectivity index (χ2v) is 4.29. The molecule has 0 amide bonds. The van der Waals surface area contributed by atoms with E-state index in [9.17, 15) is 9.59 Å². The molecule has 2 aromatic heterocycles. The van der Waals surface area contributed by atoms with Crippen LogP contribution in [0, 0.1) is 0 Å². The number of nitrogens with zero attached hydrogens (tertiary/aromatic N) is 1. The van der Waals surface area contributed by atoms with Crippen molar-refractivity contribution in [3.63, 3.8) is 0 Å². The van der Waals surface area contributed by atoms with Gasteiger partial charge in [-0.25, -0.2) is 0 Å². The Kier molecular flexibility index (Phi) is 3.74. The largest absolute Gasteiger partial charge is 0.355 e. The fourth-order valence-corrected chi connectivity index (χ4v) is 1.88. The minimum Gasteiger partial charge on any atom is -0.355 e. The van der Waals surface area contributed by atoms with Crippen LogP contribution in [0.4, 0.5) is 0 Å². The molecule has 2 heterocycles. The molecular weight excluding hydrogens is 230 g/mol. The van der Waals surface area contributed by atoms with Gasteiger partial charge in [0.15, 0.2) is 12.6 Å². The summed E-state index contributed by atoms with van der Waals surface area (Å²) in [5.41, 5.74) is 3.14. The minimum atomic E-state index is 0.585. The van der Waals surface area contributed by atoms with Crippen LogP contribution in [0.15, 0.2) is 24.3 Å². The van der Waals surface area contributed by atoms with E-state index in [-0.39, 0.29) is 0 Å². The van der Waals surface area contributed by atoms with Crippen LogP contribution in [0.1, 0.15) is 32.4 Å². The highest BCUT2D eigenvalue weighted by Crippen LogP contribution is 2.07. The summed E-state index contributed by atoms with van der Waals surface area (Å²) in [4.78, 5) is 29.2.